The fraction of sp³-hybridized carbons (Fsp3) is 0.429. The molecule has 1 saturated heterocycles. The molecular formula is C56H70BF2N8O15S2+. The van der Waals surface area contributed by atoms with Crippen LogP contribution in [-0.4, -0.2) is 158 Å². The maximum Gasteiger partial charge on any atom is 0.737 e. The summed E-state index contributed by atoms with van der Waals surface area (Å²) in [5.41, 5.74) is 2.64. The van der Waals surface area contributed by atoms with E-state index >= 15 is 8.63 Å². The van der Waals surface area contributed by atoms with Gasteiger partial charge < -0.3 is 57.0 Å². The number of rotatable bonds is 31. The lowest BCUT2D eigenvalue weighted by Gasteiger charge is -2.31. The van der Waals surface area contributed by atoms with Crippen molar-refractivity contribution in [1.82, 2.24) is 25.5 Å². The number of nitrogens with one attached hydrogen (secondary N) is 3. The predicted octanol–water partition coefficient (Wildman–Crippen LogP) is 7.22. The Balaban J connectivity index is 0.865. The van der Waals surface area contributed by atoms with Crippen molar-refractivity contribution < 1.29 is 83.3 Å². The van der Waals surface area contributed by atoms with E-state index in [9.17, 15) is 47.1 Å². The minimum atomic E-state index is -4.41. The van der Waals surface area contributed by atoms with Gasteiger partial charge in [-0.1, -0.05) is 29.3 Å². The summed E-state index contributed by atoms with van der Waals surface area (Å²) in [5, 5.41) is 23.0. The predicted molar refractivity (Wildman–Crippen MR) is 310 cm³/mol. The van der Waals surface area contributed by atoms with Gasteiger partial charge in [-0.3, -0.25) is 38.7 Å². The Kier molecular flexibility index (Phi) is 21.4. The monoisotopic (exact) mass is 1210 g/mol. The number of fused-ring (bicyclic) bond motifs is 2. The number of nitro groups is 1. The lowest BCUT2D eigenvalue weighted by Crippen LogP contribution is -2.51. The van der Waals surface area contributed by atoms with Gasteiger partial charge in [0.2, 0.25) is 11.8 Å². The first-order chi connectivity index (χ1) is 39.8. The van der Waals surface area contributed by atoms with Crippen LogP contribution in [0.2, 0.25) is 0 Å². The molecule has 452 valence electrons. The second kappa shape index (κ2) is 28.2. The number of hydrogen-bond acceptors (Lipinski definition) is 16. The van der Waals surface area contributed by atoms with Crippen LogP contribution >= 0.6 is 11.3 Å². The zero-order valence-corrected chi connectivity index (χ0v) is 49.2. The molecule has 84 heavy (non-hydrogen) atoms. The van der Waals surface area contributed by atoms with Crippen molar-refractivity contribution >= 4 is 87.8 Å². The van der Waals surface area contributed by atoms with Crippen molar-refractivity contribution in [1.29, 1.82) is 0 Å². The first kappa shape index (κ1) is 63.8. The summed E-state index contributed by atoms with van der Waals surface area (Å²) in [4.78, 5) is 79.4. The number of carbonyl (C=O) groups excluding carboxylic acids is 5. The largest absolute Gasteiger partial charge is 0.737 e. The van der Waals surface area contributed by atoms with Gasteiger partial charge in [-0.25, -0.2) is 4.79 Å². The minimum absolute atomic E-state index is 0.0265. The number of unbranched alkanes of at least 4 members (excludes halogenated alkanes) is 1. The number of hydroxylamine groups is 2. The van der Waals surface area contributed by atoms with Gasteiger partial charge in [-0.2, -0.15) is 8.42 Å². The molecule has 2 aromatic carbocycles. The lowest BCUT2D eigenvalue weighted by atomic mass is 9.88. The number of hydrogen-bond donors (Lipinski definition) is 4. The van der Waals surface area contributed by atoms with Crippen molar-refractivity contribution in [2.75, 3.05) is 73.4 Å². The fourth-order valence-electron chi connectivity index (χ4n) is 9.73. The summed E-state index contributed by atoms with van der Waals surface area (Å²) >= 11 is 1.32. The number of ether oxygens (including phenoxy) is 4. The number of amides is 4. The van der Waals surface area contributed by atoms with E-state index in [0.29, 0.717) is 75.4 Å². The van der Waals surface area contributed by atoms with Gasteiger partial charge in [0.25, 0.3) is 27.6 Å². The molecule has 2 aromatic heterocycles. The number of aryl methyl sites for hydroxylation is 1. The first-order valence-corrected chi connectivity index (χ1v) is 29.9. The number of nitrogens with zero attached hydrogens (tertiary/aromatic N) is 5. The molecule has 4 amide bonds. The van der Waals surface area contributed by atoms with Gasteiger partial charge in [-0.05, 0) is 105 Å². The zero-order valence-electron chi connectivity index (χ0n) is 47.6. The Morgan fingerprint density at radius 3 is 2.36 bits per heavy atom. The maximum atomic E-state index is 17.0. The van der Waals surface area contributed by atoms with Crippen LogP contribution in [0.4, 0.5) is 19.1 Å². The van der Waals surface area contributed by atoms with Gasteiger partial charge in [0.15, 0.2) is 22.9 Å². The van der Waals surface area contributed by atoms with Crippen LogP contribution in [-0.2, 0) is 38.9 Å². The van der Waals surface area contributed by atoms with Crippen LogP contribution in [0.1, 0.15) is 104 Å². The molecule has 0 saturated carbocycles. The topological polar surface area (TPSA) is 276 Å². The minimum Gasteiger partial charge on any atom is -0.494 e. The molecule has 4 N–H and O–H groups in total. The third kappa shape index (κ3) is 16.9. The molecule has 0 aliphatic carbocycles. The van der Waals surface area contributed by atoms with Crippen molar-refractivity contribution in [3.8, 4) is 17.2 Å². The molecule has 0 radical (unpaired) electrons. The molecule has 3 aliphatic rings. The van der Waals surface area contributed by atoms with Gasteiger partial charge in [0, 0.05) is 68.0 Å². The average molecular weight is 1210 g/mol. The molecule has 4 aromatic rings. The molecule has 5 heterocycles. The zero-order chi connectivity index (χ0) is 60.9. The van der Waals surface area contributed by atoms with Crippen LogP contribution in [0.15, 0.2) is 77.3 Å². The van der Waals surface area contributed by atoms with Crippen LogP contribution in [0.3, 0.4) is 0 Å². The van der Waals surface area contributed by atoms with E-state index in [0.717, 1.165) is 38.0 Å². The van der Waals surface area contributed by atoms with Crippen molar-refractivity contribution in [3.05, 3.63) is 120 Å². The molecule has 2 unspecified atom stereocenters. The number of benzene rings is 2. The number of aromatic nitrogens is 1. The normalized spacial score (nSPS) is 15.5. The lowest BCUT2D eigenvalue weighted by molar-refractivity contribution is -0.870. The van der Waals surface area contributed by atoms with Crippen LogP contribution < -0.4 is 30.2 Å². The quantitative estimate of drug-likeness (QED) is 0.00566. The number of thiophene rings is 1. The first-order valence-electron chi connectivity index (χ1n) is 27.4. The number of halogens is 2. The van der Waals surface area contributed by atoms with E-state index < -0.39 is 63.6 Å². The van der Waals surface area contributed by atoms with Gasteiger partial charge in [-0.15, -0.1) is 11.3 Å². The summed E-state index contributed by atoms with van der Waals surface area (Å²) in [6, 6.07) is 13.9. The third-order valence-corrected chi connectivity index (χ3v) is 15.6. The van der Waals surface area contributed by atoms with Crippen LogP contribution in [0.25, 0.3) is 18.2 Å². The van der Waals surface area contributed by atoms with Crippen LogP contribution in [0.5, 0.6) is 17.2 Å². The van der Waals surface area contributed by atoms with E-state index in [-0.39, 0.29) is 87.3 Å². The van der Waals surface area contributed by atoms with Crippen molar-refractivity contribution in [2.45, 2.75) is 83.8 Å². The van der Waals surface area contributed by atoms with Crippen molar-refractivity contribution in [3.63, 3.8) is 0 Å². The number of imide groups is 1. The molecule has 0 bridgehead atoms. The Morgan fingerprint density at radius 2 is 1.69 bits per heavy atom. The smallest absolute Gasteiger partial charge is 0.494 e. The van der Waals surface area contributed by atoms with Gasteiger partial charge >= 0.3 is 13.1 Å². The Hall–Kier alpha value is -7.79. The number of quaternary nitrogens is 1. The van der Waals surface area contributed by atoms with E-state index in [2.05, 4.69) is 37.1 Å². The molecule has 1 fully saturated rings. The van der Waals surface area contributed by atoms with E-state index in [4.69, 9.17) is 23.8 Å². The number of carbonyl (C=O) groups is 5. The molecule has 23 nitrogen and oxygen atoms in total. The standard InChI is InChI=1S/C56H69BF2N8O15S2/c1-37-32-41(63-45(37)35-46-40(12-11-31-84(75,76)77)33-48(51-14-10-30-83-51)64(46)57(63,58)59)19-16-39-17-20-42(21-18-39)79-28-9-15-52(68)62-44(13-7-8-27-67(3,4)5)55(71)61-25-24-60-26-29-80-50-36-47(66(73)74)43(34-49(50)78-6)38(2)81-56(72)82-65-53(69)22-23-54(65)70/h10,14,16-21,30,32-36,38,44,60H,7-9,11-13,15,22-29,31H2,1-6H3,(H2-,61,62,68,71,75,76,77)/p+1/b19-16+. The summed E-state index contributed by atoms with van der Waals surface area (Å²) in [5.74, 6) is -1.94. The highest BCUT2D eigenvalue weighted by Crippen LogP contribution is 2.41. The molecule has 3 aliphatic heterocycles. The molecule has 7 rings (SSSR count). The summed E-state index contributed by atoms with van der Waals surface area (Å²) in [7, 11) is 3.32. The Bertz CT molecular complexity index is 3330. The third-order valence-electron chi connectivity index (χ3n) is 13.9. The SMILES string of the molecule is COc1cc(C(C)OC(=O)ON2C(=O)CCC2=O)c([N+](=O)[O-])cc1OCCNCCNC(=O)C(CCCC[N+](C)(C)C)NC(=O)CCCOc1ccc(/C=C/c2cc(C)c3n2[B-](F)(F)[N+]2=C(c4cccs4)C=C(CCCS(=O)(=O)O)C2=C3)cc1. The Labute approximate surface area is 489 Å². The molecule has 2 atom stereocenters. The highest BCUT2D eigenvalue weighted by atomic mass is 32.2. The number of nitro benzene ring substituents is 1. The molecular weight excluding hydrogens is 1140 g/mol. The van der Waals surface area contributed by atoms with E-state index in [1.54, 1.807) is 79.1 Å². The summed E-state index contributed by atoms with van der Waals surface area (Å²) in [6.07, 6.45) is 6.45. The Morgan fingerprint density at radius 1 is 0.952 bits per heavy atom. The fourth-order valence-corrected chi connectivity index (χ4v) is 11.0. The molecule has 28 heteroatoms. The van der Waals surface area contributed by atoms with Gasteiger partial charge in [0.05, 0.1) is 68.6 Å². The van der Waals surface area contributed by atoms with Gasteiger partial charge in [0.1, 0.15) is 24.5 Å². The summed E-state index contributed by atoms with van der Waals surface area (Å²) in [6.45, 7) is 0.580. The van der Waals surface area contributed by atoms with Crippen LogP contribution in [0, 0.1) is 17.0 Å². The second-order valence-corrected chi connectivity index (χ2v) is 23.8. The van der Waals surface area contributed by atoms with Crippen molar-refractivity contribution in [2.24, 2.45) is 0 Å². The highest BCUT2D eigenvalue weighted by molar-refractivity contribution is 7.85. The van der Waals surface area contributed by atoms with E-state index in [1.807, 2.05) is 0 Å². The number of methoxy groups -OCH3 is 1. The maximum absolute atomic E-state index is 17.0. The van der Waals surface area contributed by atoms with E-state index in [1.165, 1.54) is 31.4 Å². The second-order valence-electron chi connectivity index (χ2n) is 21.3. The number of allylic oxidation sites excluding steroid dienone is 2. The average Bonchev–Trinajstić information content (AvgIpc) is 1.60. The summed E-state index contributed by atoms with van der Waals surface area (Å²) < 4.78 is 91.2. The molecule has 0 spiro atoms. The highest BCUT2D eigenvalue weighted by Gasteiger charge is 2.54.